The molecule has 0 saturated heterocycles. The molecule has 0 fully saturated rings. The van der Waals surface area contributed by atoms with Gasteiger partial charge in [-0.15, -0.1) is 11.3 Å². The van der Waals surface area contributed by atoms with E-state index in [0.29, 0.717) is 28.1 Å². The fraction of sp³-hybridized carbons (Fsp3) is 0.214. The van der Waals surface area contributed by atoms with E-state index in [4.69, 9.17) is 16.3 Å². The molecule has 1 heterocycles. The van der Waals surface area contributed by atoms with Crippen LogP contribution in [0, 0.1) is 0 Å². The van der Waals surface area contributed by atoms with Gasteiger partial charge in [0.25, 0.3) is 0 Å². The maximum atomic E-state index is 11.8. The third-order valence-electron chi connectivity index (χ3n) is 2.49. The van der Waals surface area contributed by atoms with Gasteiger partial charge in [-0.2, -0.15) is 0 Å². The van der Waals surface area contributed by atoms with E-state index >= 15 is 0 Å². The summed E-state index contributed by atoms with van der Waals surface area (Å²) in [6.45, 7) is 0.710. The zero-order valence-electron chi connectivity index (χ0n) is 11.1. The van der Waals surface area contributed by atoms with E-state index in [9.17, 15) is 9.00 Å². The Kier molecular flexibility index (Phi) is 6.22. The van der Waals surface area contributed by atoms with Gasteiger partial charge in [0.1, 0.15) is 18.1 Å². The molecule has 1 atom stereocenters. The van der Waals surface area contributed by atoms with E-state index < -0.39 is 10.8 Å². The minimum atomic E-state index is -1.28. The van der Waals surface area contributed by atoms with Crippen molar-refractivity contribution in [1.82, 2.24) is 5.32 Å². The van der Waals surface area contributed by atoms with Crippen molar-refractivity contribution >= 4 is 39.6 Å². The zero-order chi connectivity index (χ0) is 15.1. The van der Waals surface area contributed by atoms with Gasteiger partial charge >= 0.3 is 0 Å². The van der Waals surface area contributed by atoms with Crippen molar-refractivity contribution in [1.29, 1.82) is 0 Å². The molecule has 0 spiro atoms. The molecule has 4 nitrogen and oxygen atoms in total. The van der Waals surface area contributed by atoms with E-state index in [2.05, 4.69) is 5.32 Å². The van der Waals surface area contributed by atoms with Gasteiger partial charge in [0.05, 0.1) is 21.6 Å². The molecule has 0 unspecified atom stereocenters. The van der Waals surface area contributed by atoms with Gasteiger partial charge in [-0.05, 0) is 35.7 Å². The van der Waals surface area contributed by atoms with E-state index in [1.807, 2.05) is 11.4 Å². The molecular formula is C14H14ClNO3S2. The SMILES string of the molecule is O=C(C[S@](=O)c1cccs1)NCCOc1ccc(Cl)cc1. The topological polar surface area (TPSA) is 55.4 Å². The van der Waals surface area contributed by atoms with E-state index in [1.54, 1.807) is 30.3 Å². The molecule has 21 heavy (non-hydrogen) atoms. The molecule has 7 heteroatoms. The van der Waals surface area contributed by atoms with Crippen LogP contribution in [-0.2, 0) is 15.6 Å². The Hall–Kier alpha value is -1.37. The van der Waals surface area contributed by atoms with E-state index in [-0.39, 0.29) is 11.7 Å². The summed E-state index contributed by atoms with van der Waals surface area (Å²) in [6, 6.07) is 10.6. The molecule has 2 rings (SSSR count). The molecule has 0 aliphatic rings. The second-order valence-corrected chi connectivity index (χ2v) is 7.14. The third kappa shape index (κ3) is 5.49. The molecule has 1 amide bonds. The van der Waals surface area contributed by atoms with Crippen molar-refractivity contribution in [3.63, 3.8) is 0 Å². The standard InChI is InChI=1S/C14H14ClNO3S2/c15-11-3-5-12(6-4-11)19-8-7-16-13(17)10-21(18)14-2-1-9-20-14/h1-6,9H,7-8,10H2,(H,16,17)/t21-/m0/s1. The maximum absolute atomic E-state index is 11.8. The van der Waals surface area contributed by atoms with Crippen LogP contribution in [0.3, 0.4) is 0 Å². The van der Waals surface area contributed by atoms with Gasteiger partial charge in [-0.25, -0.2) is 0 Å². The molecule has 2 aromatic rings. The lowest BCUT2D eigenvalue weighted by atomic mass is 10.3. The normalized spacial score (nSPS) is 11.9. The Morgan fingerprint density at radius 3 is 2.71 bits per heavy atom. The zero-order valence-corrected chi connectivity index (χ0v) is 13.5. The van der Waals surface area contributed by atoms with Crippen molar-refractivity contribution in [3.05, 3.63) is 46.8 Å². The number of hydrogen-bond acceptors (Lipinski definition) is 4. The first-order valence-electron chi connectivity index (χ1n) is 6.22. The molecule has 0 saturated carbocycles. The molecule has 1 aromatic heterocycles. The first kappa shape index (κ1) is 16.0. The molecule has 0 aliphatic heterocycles. The Bertz CT molecular complexity index is 599. The highest BCUT2D eigenvalue weighted by Crippen LogP contribution is 2.15. The highest BCUT2D eigenvalue weighted by atomic mass is 35.5. The Labute approximate surface area is 134 Å². The maximum Gasteiger partial charge on any atom is 0.233 e. The van der Waals surface area contributed by atoms with Crippen LogP contribution in [0.15, 0.2) is 46.0 Å². The molecular weight excluding hydrogens is 330 g/mol. The minimum Gasteiger partial charge on any atom is -0.492 e. The summed E-state index contributed by atoms with van der Waals surface area (Å²) < 4.78 is 18.0. The third-order valence-corrected chi connectivity index (χ3v) is 5.36. The number of benzene rings is 1. The fourth-order valence-electron chi connectivity index (χ4n) is 1.52. The second-order valence-electron chi connectivity index (χ2n) is 4.07. The van der Waals surface area contributed by atoms with Crippen LogP contribution in [0.5, 0.6) is 5.75 Å². The predicted molar refractivity (Wildman–Crippen MR) is 85.6 cm³/mol. The monoisotopic (exact) mass is 343 g/mol. The van der Waals surface area contributed by atoms with Crippen molar-refractivity contribution in [2.45, 2.75) is 4.21 Å². The van der Waals surface area contributed by atoms with Crippen molar-refractivity contribution in [3.8, 4) is 5.75 Å². The van der Waals surface area contributed by atoms with Crippen LogP contribution >= 0.6 is 22.9 Å². The summed E-state index contributed by atoms with van der Waals surface area (Å²) in [4.78, 5) is 11.6. The average molecular weight is 344 g/mol. The van der Waals surface area contributed by atoms with Crippen LogP contribution in [0.2, 0.25) is 5.02 Å². The second kappa shape index (κ2) is 8.17. The number of thiophene rings is 1. The van der Waals surface area contributed by atoms with Crippen molar-refractivity contribution in [2.24, 2.45) is 0 Å². The summed E-state index contributed by atoms with van der Waals surface area (Å²) in [5.74, 6) is 0.416. The van der Waals surface area contributed by atoms with Gasteiger partial charge in [-0.1, -0.05) is 17.7 Å². The lowest BCUT2D eigenvalue weighted by Crippen LogP contribution is -2.31. The fourth-order valence-corrected chi connectivity index (χ4v) is 3.58. The largest absolute Gasteiger partial charge is 0.492 e. The number of halogens is 1. The number of rotatable bonds is 7. The number of carbonyl (C=O) groups is 1. The first-order chi connectivity index (χ1) is 10.1. The minimum absolute atomic E-state index is 0.0263. The molecule has 0 aliphatic carbocycles. The lowest BCUT2D eigenvalue weighted by molar-refractivity contribution is -0.118. The number of hydrogen-bond donors (Lipinski definition) is 1. The summed E-state index contributed by atoms with van der Waals surface area (Å²) in [7, 11) is -1.28. The molecule has 0 bridgehead atoms. The smallest absolute Gasteiger partial charge is 0.233 e. The van der Waals surface area contributed by atoms with Gasteiger partial charge in [0.15, 0.2) is 0 Å². The summed E-state index contributed by atoms with van der Waals surface area (Å²) in [5, 5.41) is 5.16. The van der Waals surface area contributed by atoms with Gasteiger partial charge in [-0.3, -0.25) is 9.00 Å². The summed E-state index contributed by atoms with van der Waals surface area (Å²) >= 11 is 7.15. The molecule has 0 radical (unpaired) electrons. The van der Waals surface area contributed by atoms with Crippen LogP contribution in [0.25, 0.3) is 0 Å². The quantitative estimate of drug-likeness (QED) is 0.786. The van der Waals surface area contributed by atoms with Gasteiger partial charge < -0.3 is 10.1 Å². The Morgan fingerprint density at radius 2 is 2.05 bits per heavy atom. The van der Waals surface area contributed by atoms with Crippen LogP contribution in [0.4, 0.5) is 0 Å². The Morgan fingerprint density at radius 1 is 1.29 bits per heavy atom. The van der Waals surface area contributed by atoms with Crippen molar-refractivity contribution < 1.29 is 13.7 Å². The van der Waals surface area contributed by atoms with Gasteiger partial charge in [0.2, 0.25) is 5.91 Å². The molecule has 1 N–H and O–H groups in total. The Balaban J connectivity index is 1.65. The summed E-state index contributed by atoms with van der Waals surface area (Å²) in [5.41, 5.74) is 0. The van der Waals surface area contributed by atoms with Crippen LogP contribution < -0.4 is 10.1 Å². The highest BCUT2D eigenvalue weighted by Gasteiger charge is 2.10. The number of nitrogens with one attached hydrogen (secondary N) is 1. The summed E-state index contributed by atoms with van der Waals surface area (Å²) in [6.07, 6.45) is 0. The van der Waals surface area contributed by atoms with E-state index in [0.717, 1.165) is 0 Å². The lowest BCUT2D eigenvalue weighted by Gasteiger charge is -2.07. The van der Waals surface area contributed by atoms with Gasteiger partial charge in [0, 0.05) is 5.02 Å². The van der Waals surface area contributed by atoms with Crippen LogP contribution in [-0.4, -0.2) is 29.0 Å². The average Bonchev–Trinajstić information content (AvgIpc) is 3.00. The van der Waals surface area contributed by atoms with E-state index in [1.165, 1.54) is 11.3 Å². The number of ether oxygens (including phenoxy) is 1. The molecule has 112 valence electrons. The number of amides is 1. The highest BCUT2D eigenvalue weighted by molar-refractivity contribution is 7.88. The van der Waals surface area contributed by atoms with Crippen LogP contribution in [0.1, 0.15) is 0 Å². The van der Waals surface area contributed by atoms with Crippen molar-refractivity contribution in [2.75, 3.05) is 18.9 Å². The molecule has 1 aromatic carbocycles. The number of carbonyl (C=O) groups excluding carboxylic acids is 1. The first-order valence-corrected chi connectivity index (χ1v) is 8.80. The predicted octanol–water partition coefficient (Wildman–Crippen LogP) is 2.70.